The third kappa shape index (κ3) is 2.98. The predicted molar refractivity (Wildman–Crippen MR) is 94.2 cm³/mol. The summed E-state index contributed by atoms with van der Waals surface area (Å²) in [4.78, 5) is 24.5. The van der Waals surface area contributed by atoms with Crippen LogP contribution in [0.4, 0.5) is 0 Å². The molecule has 0 N–H and O–H groups in total. The molecule has 1 atom stereocenters. The average molecular weight is 306 g/mol. The van der Waals surface area contributed by atoms with Crippen LogP contribution in [0.25, 0.3) is 16.8 Å². The molecule has 2 nitrogen and oxygen atoms in total. The van der Waals surface area contributed by atoms with Crippen LogP contribution in [0.3, 0.4) is 0 Å². The first-order valence-electron chi connectivity index (χ1n) is 8.32. The Morgan fingerprint density at radius 1 is 1.13 bits per heavy atom. The zero-order valence-corrected chi connectivity index (χ0v) is 13.5. The maximum absolute atomic E-state index is 12.4. The standard InChI is InChI=1S/C21H22O2/c1-16(22)21(14-5-4-13-20(21)23)15-7-11-18-10-6-9-17-8-2-3-12-19(17)18/h2-3,6-12H,4-5,13-15H2,1H3/b11-7+/t21-/m0/s1. The Morgan fingerprint density at radius 2 is 1.91 bits per heavy atom. The van der Waals surface area contributed by atoms with Gasteiger partial charge in [0, 0.05) is 6.42 Å². The molecule has 0 saturated heterocycles. The Hall–Kier alpha value is -2.22. The lowest BCUT2D eigenvalue weighted by atomic mass is 9.68. The summed E-state index contributed by atoms with van der Waals surface area (Å²) >= 11 is 0. The maximum atomic E-state index is 12.4. The van der Waals surface area contributed by atoms with Crippen molar-refractivity contribution in [2.24, 2.45) is 5.41 Å². The second-order valence-corrected chi connectivity index (χ2v) is 6.44. The van der Waals surface area contributed by atoms with Crippen molar-refractivity contribution in [2.75, 3.05) is 0 Å². The molecule has 0 bridgehead atoms. The summed E-state index contributed by atoms with van der Waals surface area (Å²) in [5, 5.41) is 2.39. The predicted octanol–water partition coefficient (Wildman–Crippen LogP) is 4.96. The molecule has 1 aliphatic carbocycles. The van der Waals surface area contributed by atoms with E-state index in [-0.39, 0.29) is 11.6 Å². The zero-order chi connectivity index (χ0) is 16.3. The van der Waals surface area contributed by atoms with Crippen LogP contribution < -0.4 is 0 Å². The summed E-state index contributed by atoms with van der Waals surface area (Å²) < 4.78 is 0. The number of benzene rings is 2. The van der Waals surface area contributed by atoms with E-state index in [9.17, 15) is 9.59 Å². The molecular formula is C21H22O2. The molecule has 23 heavy (non-hydrogen) atoms. The zero-order valence-electron chi connectivity index (χ0n) is 13.5. The Morgan fingerprint density at radius 3 is 2.70 bits per heavy atom. The molecule has 0 amide bonds. The summed E-state index contributed by atoms with van der Waals surface area (Å²) in [6.07, 6.45) is 7.70. The van der Waals surface area contributed by atoms with E-state index in [1.807, 2.05) is 24.3 Å². The van der Waals surface area contributed by atoms with Gasteiger partial charge in [0.1, 0.15) is 11.6 Å². The average Bonchev–Trinajstić information content (AvgIpc) is 2.56. The molecule has 118 valence electrons. The molecule has 1 saturated carbocycles. The summed E-state index contributed by atoms with van der Waals surface area (Å²) in [6, 6.07) is 14.4. The smallest absolute Gasteiger partial charge is 0.146 e. The van der Waals surface area contributed by atoms with Gasteiger partial charge < -0.3 is 0 Å². The van der Waals surface area contributed by atoms with Gasteiger partial charge in [-0.05, 0) is 42.5 Å². The molecule has 2 aromatic rings. The van der Waals surface area contributed by atoms with Gasteiger partial charge in [0.15, 0.2) is 0 Å². The maximum Gasteiger partial charge on any atom is 0.146 e. The van der Waals surface area contributed by atoms with Gasteiger partial charge in [0.2, 0.25) is 0 Å². The van der Waals surface area contributed by atoms with Crippen molar-refractivity contribution in [1.82, 2.24) is 0 Å². The fraction of sp³-hybridized carbons (Fsp3) is 0.333. The lowest BCUT2D eigenvalue weighted by Crippen LogP contribution is -2.40. The van der Waals surface area contributed by atoms with Crippen molar-refractivity contribution in [3.8, 4) is 0 Å². The van der Waals surface area contributed by atoms with Gasteiger partial charge in [-0.15, -0.1) is 0 Å². The Labute approximate surface area is 137 Å². The van der Waals surface area contributed by atoms with Gasteiger partial charge in [0.05, 0.1) is 5.41 Å². The topological polar surface area (TPSA) is 34.1 Å². The first-order chi connectivity index (χ1) is 11.1. The first-order valence-corrected chi connectivity index (χ1v) is 8.32. The van der Waals surface area contributed by atoms with Gasteiger partial charge in [-0.25, -0.2) is 0 Å². The van der Waals surface area contributed by atoms with Crippen LogP contribution in [-0.4, -0.2) is 11.6 Å². The van der Waals surface area contributed by atoms with E-state index in [1.165, 1.54) is 10.8 Å². The number of rotatable bonds is 4. The SMILES string of the molecule is CC(=O)[C@@]1(C/C=C/c2cccc3ccccc23)CCCCC1=O. The van der Waals surface area contributed by atoms with Crippen LogP contribution in [0.1, 0.15) is 44.6 Å². The van der Waals surface area contributed by atoms with Gasteiger partial charge in [-0.1, -0.05) is 61.0 Å². The molecule has 2 aromatic carbocycles. The minimum atomic E-state index is -0.778. The number of Topliss-reactive ketones (excluding diaryl/α,β-unsaturated/α-hetero) is 2. The van der Waals surface area contributed by atoms with Crippen molar-refractivity contribution in [3.63, 3.8) is 0 Å². The Balaban J connectivity index is 1.87. The highest BCUT2D eigenvalue weighted by Crippen LogP contribution is 2.38. The van der Waals surface area contributed by atoms with Gasteiger partial charge in [0.25, 0.3) is 0 Å². The van der Waals surface area contributed by atoms with E-state index in [2.05, 4.69) is 30.3 Å². The van der Waals surface area contributed by atoms with Crippen LogP contribution in [-0.2, 0) is 9.59 Å². The number of allylic oxidation sites excluding steroid dienone is 1. The fourth-order valence-electron chi connectivity index (χ4n) is 3.61. The molecule has 0 heterocycles. The molecule has 0 aromatic heterocycles. The molecule has 3 rings (SSSR count). The third-order valence-corrected chi connectivity index (χ3v) is 5.05. The second kappa shape index (κ2) is 6.49. The molecule has 2 heteroatoms. The molecule has 0 unspecified atom stereocenters. The molecule has 1 fully saturated rings. The van der Waals surface area contributed by atoms with Crippen LogP contribution in [0, 0.1) is 5.41 Å². The third-order valence-electron chi connectivity index (χ3n) is 5.05. The van der Waals surface area contributed by atoms with Crippen LogP contribution in [0.2, 0.25) is 0 Å². The molecule has 0 spiro atoms. The van der Waals surface area contributed by atoms with Gasteiger partial charge in [-0.3, -0.25) is 9.59 Å². The number of hydrogen-bond acceptors (Lipinski definition) is 2. The summed E-state index contributed by atoms with van der Waals surface area (Å²) in [6.45, 7) is 1.56. The van der Waals surface area contributed by atoms with Crippen molar-refractivity contribution in [2.45, 2.75) is 39.0 Å². The summed E-state index contributed by atoms with van der Waals surface area (Å²) in [5.41, 5.74) is 0.351. The molecule has 0 radical (unpaired) electrons. The van der Waals surface area contributed by atoms with E-state index in [1.54, 1.807) is 6.92 Å². The minimum Gasteiger partial charge on any atom is -0.299 e. The lowest BCUT2D eigenvalue weighted by Gasteiger charge is -2.32. The van der Waals surface area contributed by atoms with E-state index in [0.29, 0.717) is 19.3 Å². The summed E-state index contributed by atoms with van der Waals surface area (Å²) in [5.74, 6) is 0.142. The van der Waals surface area contributed by atoms with Crippen molar-refractivity contribution >= 4 is 28.4 Å². The molecule has 0 aliphatic heterocycles. The Bertz CT molecular complexity index is 767. The van der Waals surface area contributed by atoms with Gasteiger partial charge >= 0.3 is 0 Å². The highest BCUT2D eigenvalue weighted by atomic mass is 16.2. The number of carbonyl (C=O) groups excluding carboxylic acids is 2. The van der Waals surface area contributed by atoms with Crippen LogP contribution in [0.15, 0.2) is 48.5 Å². The monoisotopic (exact) mass is 306 g/mol. The quantitative estimate of drug-likeness (QED) is 0.748. The van der Waals surface area contributed by atoms with Crippen LogP contribution in [0.5, 0.6) is 0 Å². The van der Waals surface area contributed by atoms with E-state index in [4.69, 9.17) is 0 Å². The number of carbonyl (C=O) groups is 2. The largest absolute Gasteiger partial charge is 0.299 e. The second-order valence-electron chi connectivity index (χ2n) is 6.44. The van der Waals surface area contributed by atoms with Crippen molar-refractivity contribution in [3.05, 3.63) is 54.1 Å². The van der Waals surface area contributed by atoms with Gasteiger partial charge in [-0.2, -0.15) is 0 Å². The summed E-state index contributed by atoms with van der Waals surface area (Å²) in [7, 11) is 0. The van der Waals surface area contributed by atoms with Crippen molar-refractivity contribution < 1.29 is 9.59 Å². The lowest BCUT2D eigenvalue weighted by molar-refractivity contribution is -0.141. The first kappa shape index (κ1) is 15.7. The minimum absolute atomic E-state index is 0.0183. The van der Waals surface area contributed by atoms with Crippen molar-refractivity contribution in [1.29, 1.82) is 0 Å². The van der Waals surface area contributed by atoms with E-state index < -0.39 is 5.41 Å². The highest BCUT2D eigenvalue weighted by molar-refractivity contribution is 6.06. The Kier molecular flexibility index (Phi) is 4.42. The highest BCUT2D eigenvalue weighted by Gasteiger charge is 2.42. The number of fused-ring (bicyclic) bond motifs is 1. The molecule has 1 aliphatic rings. The number of hydrogen-bond donors (Lipinski definition) is 0. The van der Waals surface area contributed by atoms with E-state index >= 15 is 0 Å². The van der Waals surface area contributed by atoms with E-state index in [0.717, 1.165) is 18.4 Å². The molecular weight excluding hydrogens is 284 g/mol. The fourth-order valence-corrected chi connectivity index (χ4v) is 3.61. The normalized spacial score (nSPS) is 21.9. The number of ketones is 2. The van der Waals surface area contributed by atoms with Crippen LogP contribution >= 0.6 is 0 Å².